The minimum atomic E-state index is -0.283. The molecule has 0 spiro atoms. The van der Waals surface area contributed by atoms with E-state index in [1.807, 2.05) is 0 Å². The summed E-state index contributed by atoms with van der Waals surface area (Å²) in [5, 5.41) is 14.1. The van der Waals surface area contributed by atoms with Gasteiger partial charge in [0.15, 0.2) is 0 Å². The molecule has 39 heavy (non-hydrogen) atoms. The Bertz CT molecular complexity index is 1760. The van der Waals surface area contributed by atoms with Crippen LogP contribution in [-0.2, 0) is 26.2 Å². The molecule has 0 nitrogen and oxygen atoms in total. The van der Waals surface area contributed by atoms with Crippen molar-refractivity contribution in [3.8, 4) is 10.6 Å². The molecule has 8 aromatic rings. The smallest absolute Gasteiger partial charge is 1.00 e. The Kier molecular flexibility index (Phi) is 9.78. The molecule has 0 bridgehead atoms. The molecule has 0 aliphatic rings. The molecule has 0 amide bonds. The maximum absolute atomic E-state index is 2.37. The van der Waals surface area contributed by atoms with Gasteiger partial charge in [-0.2, -0.15) is 12.1 Å². The van der Waals surface area contributed by atoms with E-state index in [-0.39, 0.29) is 66.1 Å². The first kappa shape index (κ1) is 29.6. The summed E-state index contributed by atoms with van der Waals surface area (Å²) in [5.74, 6) is 4.74. The van der Waals surface area contributed by atoms with Crippen LogP contribution in [0.15, 0.2) is 145 Å². The normalized spacial score (nSPS) is 11.4. The molecule has 0 radical (unpaired) electrons. The molecule has 0 saturated carbocycles. The van der Waals surface area contributed by atoms with Gasteiger partial charge in [0.1, 0.15) is 0 Å². The van der Waals surface area contributed by atoms with Gasteiger partial charge in [-0.05, 0) is 34.5 Å². The molecular weight excluding hydrogens is 632 g/mol. The molecule has 188 valence electrons. The van der Waals surface area contributed by atoms with Crippen LogP contribution in [0.5, 0.6) is 0 Å². The molecule has 5 heteroatoms. The maximum Gasteiger partial charge on any atom is 4.00 e. The Morgan fingerprint density at radius 3 is 1.18 bits per heavy atom. The van der Waals surface area contributed by atoms with Crippen LogP contribution < -0.4 is 24.8 Å². The Hall–Kier alpha value is -2.36. The molecular formula is C34H24Cl2P2Zr. The molecule has 2 heterocycles. The topological polar surface area (TPSA) is 0 Å². The SMILES string of the molecule is [Cl-].[Cl-].[Zr+4].c1ccc2[cH-]c(-p3ccc4ccccc43)cc2c1.c1ccc2[cH-]c(-p3ccc4ccccc43)cc2c1. The zero-order valence-corrected chi connectivity index (χ0v) is 26.8. The second kappa shape index (κ2) is 12.9. The van der Waals surface area contributed by atoms with E-state index in [0.717, 1.165) is 0 Å². The summed E-state index contributed by atoms with van der Waals surface area (Å²) >= 11 is 0. The number of hydrogen-bond acceptors (Lipinski definition) is 0. The maximum atomic E-state index is 2.37. The van der Waals surface area contributed by atoms with E-state index in [4.69, 9.17) is 0 Å². The fourth-order valence-corrected chi connectivity index (χ4v) is 9.46. The Labute approximate surface area is 262 Å². The van der Waals surface area contributed by atoms with Gasteiger partial charge in [-0.25, -0.2) is 0 Å². The molecule has 6 aromatic carbocycles. The van der Waals surface area contributed by atoms with Crippen LogP contribution in [0.25, 0.3) is 53.2 Å². The average molecular weight is 657 g/mol. The summed E-state index contributed by atoms with van der Waals surface area (Å²) in [5.41, 5.74) is 0. The van der Waals surface area contributed by atoms with Gasteiger partial charge in [-0.3, -0.25) is 0 Å². The fraction of sp³-hybridized carbons (Fsp3) is 0. The average Bonchev–Trinajstić information content (AvgIpc) is 3.71. The van der Waals surface area contributed by atoms with Gasteiger partial charge >= 0.3 is 26.2 Å². The first-order valence-electron chi connectivity index (χ1n) is 12.3. The summed E-state index contributed by atoms with van der Waals surface area (Å²) in [6, 6.07) is 48.6. The quantitative estimate of drug-likeness (QED) is 0.220. The van der Waals surface area contributed by atoms with E-state index in [9.17, 15) is 0 Å². The second-order valence-electron chi connectivity index (χ2n) is 9.17. The minimum absolute atomic E-state index is 0. The number of fused-ring (bicyclic) bond motifs is 4. The molecule has 0 aliphatic heterocycles. The van der Waals surface area contributed by atoms with Crippen molar-refractivity contribution in [2.45, 2.75) is 0 Å². The van der Waals surface area contributed by atoms with Gasteiger partial charge in [0.25, 0.3) is 0 Å². The third kappa shape index (κ3) is 5.77. The van der Waals surface area contributed by atoms with Crippen LogP contribution in [-0.4, -0.2) is 0 Å². The Balaban J connectivity index is 0.000000168. The van der Waals surface area contributed by atoms with Gasteiger partial charge in [-0.1, -0.05) is 71.3 Å². The van der Waals surface area contributed by atoms with E-state index >= 15 is 0 Å². The van der Waals surface area contributed by atoms with E-state index in [1.54, 1.807) is 0 Å². The van der Waals surface area contributed by atoms with Crippen molar-refractivity contribution in [1.29, 1.82) is 0 Å². The number of halogens is 2. The van der Waals surface area contributed by atoms with Crippen molar-refractivity contribution >= 4 is 57.6 Å². The molecule has 0 saturated heterocycles. The molecule has 2 unspecified atom stereocenters. The van der Waals surface area contributed by atoms with Gasteiger partial charge in [-0.15, -0.1) is 85.1 Å². The van der Waals surface area contributed by atoms with E-state index in [1.165, 1.54) is 53.2 Å². The first-order chi connectivity index (χ1) is 17.8. The summed E-state index contributed by atoms with van der Waals surface area (Å²) in [6.07, 6.45) is 0. The molecule has 2 atom stereocenters. The molecule has 0 aliphatic carbocycles. The second-order valence-corrected chi connectivity index (χ2v) is 13.2. The standard InChI is InChI=1S/2C17H12P.2ClH.Zr/c2*1-2-7-15-12-16(11-14(15)6-1)18-10-9-13-5-3-4-8-17(13)18;;;/h2*1-12H;2*1H;/q2*-1;;;+4/p-2. The van der Waals surface area contributed by atoms with E-state index in [2.05, 4.69) is 145 Å². The van der Waals surface area contributed by atoms with Gasteiger partial charge < -0.3 is 24.8 Å². The number of hydrogen-bond donors (Lipinski definition) is 0. The third-order valence-corrected chi connectivity index (χ3v) is 11.3. The van der Waals surface area contributed by atoms with Gasteiger partial charge in [0.2, 0.25) is 0 Å². The fourth-order valence-electron chi connectivity index (χ4n) is 5.16. The summed E-state index contributed by atoms with van der Waals surface area (Å²) < 4.78 is 0. The Morgan fingerprint density at radius 2 is 0.769 bits per heavy atom. The molecule has 2 aromatic heterocycles. The van der Waals surface area contributed by atoms with Gasteiger partial charge in [0.05, 0.1) is 0 Å². The largest absolute Gasteiger partial charge is 4.00 e. The molecule has 8 rings (SSSR count). The Morgan fingerprint density at radius 1 is 0.410 bits per heavy atom. The van der Waals surface area contributed by atoms with Crippen molar-refractivity contribution in [1.82, 2.24) is 0 Å². The predicted molar refractivity (Wildman–Crippen MR) is 162 cm³/mol. The van der Waals surface area contributed by atoms with Crippen LogP contribution in [0.1, 0.15) is 0 Å². The van der Waals surface area contributed by atoms with Crippen molar-refractivity contribution in [2.24, 2.45) is 0 Å². The monoisotopic (exact) mass is 654 g/mol. The molecule has 0 N–H and O–H groups in total. The third-order valence-electron chi connectivity index (χ3n) is 6.96. The van der Waals surface area contributed by atoms with Crippen molar-refractivity contribution in [3.05, 3.63) is 145 Å². The number of benzene rings is 4. The summed E-state index contributed by atoms with van der Waals surface area (Å²) in [7, 11) is -0.567. The minimum Gasteiger partial charge on any atom is -1.00 e. The van der Waals surface area contributed by atoms with Crippen LogP contribution in [0.4, 0.5) is 0 Å². The number of rotatable bonds is 2. The van der Waals surface area contributed by atoms with Crippen molar-refractivity contribution in [2.75, 3.05) is 0 Å². The van der Waals surface area contributed by atoms with E-state index in [0.29, 0.717) is 0 Å². The van der Waals surface area contributed by atoms with Crippen LogP contribution in [0.2, 0.25) is 0 Å². The molecule has 0 fully saturated rings. The summed E-state index contributed by atoms with van der Waals surface area (Å²) in [6.45, 7) is 0. The van der Waals surface area contributed by atoms with Crippen LogP contribution >= 0.6 is 15.1 Å². The van der Waals surface area contributed by atoms with Crippen molar-refractivity contribution < 1.29 is 51.0 Å². The van der Waals surface area contributed by atoms with Crippen molar-refractivity contribution in [3.63, 3.8) is 0 Å². The van der Waals surface area contributed by atoms with Gasteiger partial charge in [0, 0.05) is 10.2 Å². The predicted octanol–water partition coefficient (Wildman–Crippen LogP) is 5.38. The summed E-state index contributed by atoms with van der Waals surface area (Å²) in [4.78, 5) is 0. The first-order valence-corrected chi connectivity index (χ1v) is 15.1. The zero-order valence-electron chi connectivity index (χ0n) is 21.0. The van der Waals surface area contributed by atoms with E-state index < -0.39 is 0 Å². The van der Waals surface area contributed by atoms with Crippen LogP contribution in [0.3, 0.4) is 0 Å². The zero-order chi connectivity index (χ0) is 23.9. The van der Waals surface area contributed by atoms with Crippen LogP contribution in [0, 0.1) is 0 Å².